The molecule has 1 saturated heterocycles. The van der Waals surface area contributed by atoms with Gasteiger partial charge >= 0.3 is 0 Å². The molecule has 0 aliphatic carbocycles. The SMILES string of the molecule is COc1ccc(C(C)C)cc1[C@H]1CN1. The fourth-order valence-corrected chi connectivity index (χ4v) is 1.66. The van der Waals surface area contributed by atoms with Crippen molar-refractivity contribution in [3.05, 3.63) is 29.3 Å². The van der Waals surface area contributed by atoms with Gasteiger partial charge in [-0.3, -0.25) is 0 Å². The lowest BCUT2D eigenvalue weighted by Crippen LogP contribution is -1.96. The van der Waals surface area contributed by atoms with Crippen LogP contribution < -0.4 is 10.1 Å². The second kappa shape index (κ2) is 3.62. The van der Waals surface area contributed by atoms with Crippen LogP contribution in [0.5, 0.6) is 5.75 Å². The molecule has 0 radical (unpaired) electrons. The van der Waals surface area contributed by atoms with Crippen LogP contribution in [0, 0.1) is 0 Å². The Hall–Kier alpha value is -1.02. The van der Waals surface area contributed by atoms with E-state index >= 15 is 0 Å². The van der Waals surface area contributed by atoms with E-state index in [0.717, 1.165) is 12.3 Å². The van der Waals surface area contributed by atoms with Gasteiger partial charge in [-0.1, -0.05) is 26.0 Å². The molecule has 0 aromatic heterocycles. The lowest BCUT2D eigenvalue weighted by molar-refractivity contribution is 0.409. The zero-order chi connectivity index (χ0) is 10.1. The van der Waals surface area contributed by atoms with Crippen LogP contribution in [0.4, 0.5) is 0 Å². The van der Waals surface area contributed by atoms with E-state index in [0.29, 0.717) is 12.0 Å². The monoisotopic (exact) mass is 191 g/mol. The molecule has 14 heavy (non-hydrogen) atoms. The van der Waals surface area contributed by atoms with Crippen molar-refractivity contribution < 1.29 is 4.74 Å². The molecule has 1 atom stereocenters. The fraction of sp³-hybridized carbons (Fsp3) is 0.500. The average molecular weight is 191 g/mol. The van der Waals surface area contributed by atoms with Gasteiger partial charge < -0.3 is 10.1 Å². The molecule has 2 nitrogen and oxygen atoms in total. The minimum Gasteiger partial charge on any atom is -0.496 e. The van der Waals surface area contributed by atoms with E-state index in [1.165, 1.54) is 11.1 Å². The number of hydrogen-bond donors (Lipinski definition) is 1. The van der Waals surface area contributed by atoms with Gasteiger partial charge in [0.1, 0.15) is 5.75 Å². The highest BCUT2D eigenvalue weighted by atomic mass is 16.5. The summed E-state index contributed by atoms with van der Waals surface area (Å²) >= 11 is 0. The van der Waals surface area contributed by atoms with Gasteiger partial charge in [0.05, 0.1) is 7.11 Å². The van der Waals surface area contributed by atoms with Crippen LogP contribution >= 0.6 is 0 Å². The highest BCUT2D eigenvalue weighted by molar-refractivity contribution is 5.42. The molecule has 1 N–H and O–H groups in total. The molecule has 0 amide bonds. The maximum atomic E-state index is 5.34. The maximum absolute atomic E-state index is 5.34. The van der Waals surface area contributed by atoms with Crippen LogP contribution in [0.3, 0.4) is 0 Å². The maximum Gasteiger partial charge on any atom is 0.123 e. The molecule has 1 aliphatic rings. The number of ether oxygens (including phenoxy) is 1. The minimum absolute atomic E-state index is 0.517. The van der Waals surface area contributed by atoms with E-state index in [1.807, 2.05) is 0 Å². The van der Waals surface area contributed by atoms with E-state index in [2.05, 4.69) is 37.4 Å². The first-order valence-corrected chi connectivity index (χ1v) is 5.13. The van der Waals surface area contributed by atoms with Gasteiger partial charge in [0.2, 0.25) is 0 Å². The molecule has 2 rings (SSSR count). The van der Waals surface area contributed by atoms with Crippen molar-refractivity contribution in [1.82, 2.24) is 5.32 Å². The number of benzene rings is 1. The van der Waals surface area contributed by atoms with Gasteiger partial charge in [0.15, 0.2) is 0 Å². The lowest BCUT2D eigenvalue weighted by Gasteiger charge is -2.11. The van der Waals surface area contributed by atoms with E-state index < -0.39 is 0 Å². The Bertz CT molecular complexity index is 329. The van der Waals surface area contributed by atoms with Crippen LogP contribution in [-0.2, 0) is 0 Å². The van der Waals surface area contributed by atoms with Crippen molar-refractivity contribution in [3.8, 4) is 5.75 Å². The first kappa shape index (κ1) is 9.53. The number of nitrogens with one attached hydrogen (secondary N) is 1. The fourth-order valence-electron chi connectivity index (χ4n) is 1.66. The molecule has 1 fully saturated rings. The normalized spacial score (nSPS) is 19.9. The van der Waals surface area contributed by atoms with Crippen molar-refractivity contribution >= 4 is 0 Å². The quantitative estimate of drug-likeness (QED) is 0.744. The van der Waals surface area contributed by atoms with Crippen molar-refractivity contribution in [1.29, 1.82) is 0 Å². The van der Waals surface area contributed by atoms with Gasteiger partial charge in [-0.25, -0.2) is 0 Å². The van der Waals surface area contributed by atoms with Gasteiger partial charge in [-0.2, -0.15) is 0 Å². The smallest absolute Gasteiger partial charge is 0.123 e. The highest BCUT2D eigenvalue weighted by Crippen LogP contribution is 2.32. The molecule has 0 bridgehead atoms. The van der Waals surface area contributed by atoms with Crippen molar-refractivity contribution in [2.24, 2.45) is 0 Å². The van der Waals surface area contributed by atoms with Gasteiger partial charge in [0, 0.05) is 18.2 Å². The first-order valence-electron chi connectivity index (χ1n) is 5.13. The molecule has 0 saturated carbocycles. The number of hydrogen-bond acceptors (Lipinski definition) is 2. The second-order valence-electron chi connectivity index (χ2n) is 4.12. The van der Waals surface area contributed by atoms with E-state index in [4.69, 9.17) is 4.74 Å². The van der Waals surface area contributed by atoms with Crippen molar-refractivity contribution in [2.45, 2.75) is 25.8 Å². The predicted molar refractivity (Wildman–Crippen MR) is 57.8 cm³/mol. The molecular formula is C12H17NO. The van der Waals surface area contributed by atoms with E-state index in [-0.39, 0.29) is 0 Å². The predicted octanol–water partition coefficient (Wildman–Crippen LogP) is 2.46. The van der Waals surface area contributed by atoms with Crippen LogP contribution in [0.15, 0.2) is 18.2 Å². The molecule has 1 aromatic rings. The third kappa shape index (κ3) is 1.75. The van der Waals surface area contributed by atoms with Crippen molar-refractivity contribution in [3.63, 3.8) is 0 Å². The van der Waals surface area contributed by atoms with E-state index in [9.17, 15) is 0 Å². The standard InChI is InChI=1S/C12H17NO/c1-8(2)9-4-5-12(14-3)10(6-9)11-7-13-11/h4-6,8,11,13H,7H2,1-3H3/t11-/m1/s1. The first-order chi connectivity index (χ1) is 6.72. The topological polar surface area (TPSA) is 31.2 Å². The van der Waals surface area contributed by atoms with Gasteiger partial charge in [-0.05, 0) is 17.5 Å². The summed E-state index contributed by atoms with van der Waals surface area (Å²) in [4.78, 5) is 0. The van der Waals surface area contributed by atoms with Gasteiger partial charge in [-0.15, -0.1) is 0 Å². The Morgan fingerprint density at radius 1 is 1.43 bits per heavy atom. The largest absolute Gasteiger partial charge is 0.496 e. The average Bonchev–Trinajstić information content (AvgIpc) is 3.00. The third-order valence-electron chi connectivity index (χ3n) is 2.70. The molecule has 76 valence electrons. The molecule has 2 heteroatoms. The second-order valence-corrected chi connectivity index (χ2v) is 4.12. The molecule has 0 unspecified atom stereocenters. The summed E-state index contributed by atoms with van der Waals surface area (Å²) < 4.78 is 5.34. The minimum atomic E-state index is 0.517. The highest BCUT2D eigenvalue weighted by Gasteiger charge is 2.26. The van der Waals surface area contributed by atoms with Crippen molar-refractivity contribution in [2.75, 3.05) is 13.7 Å². The summed E-state index contributed by atoms with van der Waals surface area (Å²) in [7, 11) is 1.73. The van der Waals surface area contributed by atoms with Crippen LogP contribution in [0.1, 0.15) is 36.9 Å². The summed E-state index contributed by atoms with van der Waals surface area (Å²) in [5, 5.41) is 3.31. The zero-order valence-corrected chi connectivity index (χ0v) is 9.00. The Morgan fingerprint density at radius 2 is 2.14 bits per heavy atom. The van der Waals surface area contributed by atoms with Crippen LogP contribution in [0.2, 0.25) is 0 Å². The Labute approximate surface area is 85.3 Å². The zero-order valence-electron chi connectivity index (χ0n) is 9.00. The molecule has 0 spiro atoms. The number of rotatable bonds is 3. The summed E-state index contributed by atoms with van der Waals surface area (Å²) in [5.41, 5.74) is 2.69. The third-order valence-corrected chi connectivity index (χ3v) is 2.70. The number of methoxy groups -OCH3 is 1. The Morgan fingerprint density at radius 3 is 2.64 bits per heavy atom. The molecular weight excluding hydrogens is 174 g/mol. The Balaban J connectivity index is 2.36. The van der Waals surface area contributed by atoms with E-state index in [1.54, 1.807) is 7.11 Å². The molecule has 1 heterocycles. The molecule has 1 aliphatic heterocycles. The molecule has 1 aromatic carbocycles. The summed E-state index contributed by atoms with van der Waals surface area (Å²) in [5.74, 6) is 1.59. The Kier molecular flexibility index (Phi) is 2.46. The summed E-state index contributed by atoms with van der Waals surface area (Å²) in [6, 6.07) is 7.00. The van der Waals surface area contributed by atoms with Crippen LogP contribution in [0.25, 0.3) is 0 Å². The summed E-state index contributed by atoms with van der Waals surface area (Å²) in [6.07, 6.45) is 0. The lowest BCUT2D eigenvalue weighted by atomic mass is 9.99. The van der Waals surface area contributed by atoms with Crippen LogP contribution in [-0.4, -0.2) is 13.7 Å². The van der Waals surface area contributed by atoms with Gasteiger partial charge in [0.25, 0.3) is 0 Å². The summed E-state index contributed by atoms with van der Waals surface area (Å²) in [6.45, 7) is 5.51.